The average molecular weight is 95.0 g/mol. The minimum Gasteiger partial charge on any atom is -0.233 e. The van der Waals surface area contributed by atoms with Gasteiger partial charge in [-0.05, 0) is 0 Å². The molecule has 0 bridgehead atoms. The third kappa shape index (κ3) is 1990. The van der Waals surface area contributed by atoms with Crippen molar-refractivity contribution in [3.63, 3.8) is 0 Å². The molecule has 0 aliphatic heterocycles. The van der Waals surface area contributed by atoms with E-state index in [0.29, 0.717) is 0 Å². The van der Waals surface area contributed by atoms with Crippen molar-refractivity contribution in [3.05, 3.63) is 6.58 Å². The van der Waals surface area contributed by atoms with Crippen LogP contribution in [0.15, 0.2) is 0 Å². The molecule has 0 heterocycles. The van der Waals surface area contributed by atoms with E-state index >= 15 is 0 Å². The molecule has 0 aromatic heterocycles. The van der Waals surface area contributed by atoms with Crippen LogP contribution in [0.4, 0.5) is 0 Å². The monoisotopic (exact) mass is 94.9 g/mol. The summed E-state index contributed by atoms with van der Waals surface area (Å²) in [5.74, 6) is 0.750. The predicted molar refractivity (Wildman–Crippen MR) is 8.94 cm³/mol. The van der Waals surface area contributed by atoms with Crippen LogP contribution in [0.3, 0.4) is 0 Å². The van der Waals surface area contributed by atoms with Gasteiger partial charge in [-0.25, -0.2) is 4.79 Å². The van der Waals surface area contributed by atoms with Crippen LogP contribution in [0, 0.1) is 6.58 Å². The van der Waals surface area contributed by atoms with Crippen LogP contribution >= 0.6 is 0 Å². The van der Waals surface area contributed by atoms with Crippen molar-refractivity contribution in [1.29, 1.82) is 0 Å². The van der Waals surface area contributed by atoms with E-state index in [1.165, 1.54) is 0 Å². The standard InChI is InChI=1S/C2O.Mn/c1-2-3;. The molecule has 0 unspecified atom stereocenters. The van der Waals surface area contributed by atoms with Gasteiger partial charge in [0.1, 0.15) is 5.94 Å². The van der Waals surface area contributed by atoms with E-state index < -0.39 is 0 Å². The van der Waals surface area contributed by atoms with Gasteiger partial charge in [0.25, 0.3) is 0 Å². The van der Waals surface area contributed by atoms with Crippen molar-refractivity contribution in [2.75, 3.05) is 0 Å². The van der Waals surface area contributed by atoms with Crippen LogP contribution in [-0.2, 0) is 21.9 Å². The first-order chi connectivity index (χ1) is 1.41. The van der Waals surface area contributed by atoms with Crippen LogP contribution in [0.2, 0.25) is 0 Å². The molecule has 3 radical (unpaired) electrons. The van der Waals surface area contributed by atoms with Crippen LogP contribution in [0.5, 0.6) is 0 Å². The normalized spacial score (nSPS) is 2.00. The summed E-state index contributed by atoms with van der Waals surface area (Å²) >= 11 is 0. The Morgan fingerprint density at radius 3 is 1.75 bits per heavy atom. The molecule has 2 heteroatoms. The average Bonchev–Trinajstić information content (AvgIpc) is 0.918. The molecule has 0 rings (SSSR count). The minimum atomic E-state index is 0. The molecule has 0 aliphatic carbocycles. The van der Waals surface area contributed by atoms with Crippen LogP contribution in [-0.4, -0.2) is 5.94 Å². The number of hydrogen-bond donors (Lipinski definition) is 0. The molecule has 0 amide bonds. The SMILES string of the molecule is [C]=C=O.[Mn]. The second kappa shape index (κ2) is 12.3. The van der Waals surface area contributed by atoms with Crippen molar-refractivity contribution < 1.29 is 21.9 Å². The zero-order valence-electron chi connectivity index (χ0n) is 1.79. The summed E-state index contributed by atoms with van der Waals surface area (Å²) in [4.78, 5) is 8.35. The molecule has 1 nitrogen and oxygen atoms in total. The quantitative estimate of drug-likeness (QED) is 0.297. The van der Waals surface area contributed by atoms with Crippen LogP contribution < -0.4 is 0 Å². The topological polar surface area (TPSA) is 17.1 Å². The Balaban J connectivity index is 0. The Morgan fingerprint density at radius 2 is 1.75 bits per heavy atom. The molecule has 0 saturated heterocycles. The zero-order chi connectivity index (χ0) is 2.71. The molecule has 0 atom stereocenters. The maximum atomic E-state index is 8.35. The van der Waals surface area contributed by atoms with E-state index in [1.807, 2.05) is 0 Å². The smallest absolute Gasteiger partial charge is 0.135 e. The van der Waals surface area contributed by atoms with Gasteiger partial charge in [-0.3, -0.25) is 0 Å². The van der Waals surface area contributed by atoms with E-state index in [4.69, 9.17) is 11.4 Å². The van der Waals surface area contributed by atoms with Crippen LogP contribution in [0.25, 0.3) is 0 Å². The van der Waals surface area contributed by atoms with Gasteiger partial charge in [0, 0.05) is 17.1 Å². The van der Waals surface area contributed by atoms with E-state index in [9.17, 15) is 0 Å². The molecule has 4 heavy (non-hydrogen) atoms. The summed E-state index contributed by atoms with van der Waals surface area (Å²) in [6.07, 6.45) is 0. The van der Waals surface area contributed by atoms with Crippen molar-refractivity contribution in [3.8, 4) is 0 Å². The van der Waals surface area contributed by atoms with Crippen molar-refractivity contribution in [1.82, 2.24) is 0 Å². The Kier molecular flexibility index (Phi) is 27.6. The fourth-order valence-electron chi connectivity index (χ4n) is 0. The number of hydrogen-bond acceptors (Lipinski definition) is 1. The fourth-order valence-corrected chi connectivity index (χ4v) is 0. The van der Waals surface area contributed by atoms with Crippen LogP contribution in [0.1, 0.15) is 0 Å². The first-order valence-electron chi connectivity index (χ1n) is 0.454. The first-order valence-corrected chi connectivity index (χ1v) is 0.454. The van der Waals surface area contributed by atoms with Gasteiger partial charge < -0.3 is 0 Å². The Morgan fingerprint density at radius 1 is 1.75 bits per heavy atom. The molecule has 21 valence electrons. The zero-order valence-corrected chi connectivity index (χ0v) is 2.97. The third-order valence-electron chi connectivity index (χ3n) is 0. The number of rotatable bonds is 0. The Hall–Kier alpha value is -0.0305. The molecule has 0 fully saturated rings. The third-order valence-corrected chi connectivity index (χ3v) is 0. The van der Waals surface area contributed by atoms with Gasteiger partial charge in [-0.2, -0.15) is 0 Å². The van der Waals surface area contributed by atoms with Gasteiger partial charge in [0.2, 0.25) is 0 Å². The summed E-state index contributed by atoms with van der Waals surface area (Å²) in [6, 6.07) is 0. The fraction of sp³-hybridized carbons (Fsp3) is 0. The molecule has 0 N–H and O–H groups in total. The van der Waals surface area contributed by atoms with E-state index in [2.05, 4.69) is 0 Å². The summed E-state index contributed by atoms with van der Waals surface area (Å²) in [7, 11) is 0. The number of carbonyl (C=O) groups excluding carboxylic acids is 1. The maximum absolute atomic E-state index is 8.35. The summed E-state index contributed by atoms with van der Waals surface area (Å²) in [5, 5.41) is 0. The molecular formula is C2MnO. The van der Waals surface area contributed by atoms with Crippen molar-refractivity contribution >= 4 is 5.94 Å². The Bertz CT molecular complexity index is 27.0. The van der Waals surface area contributed by atoms with Gasteiger partial charge >= 0.3 is 0 Å². The second-order valence-electron chi connectivity index (χ2n) is 0.102. The molecular weight excluding hydrogens is 95.0 g/mol. The largest absolute Gasteiger partial charge is 0.233 e. The van der Waals surface area contributed by atoms with Gasteiger partial charge in [-0.1, -0.05) is 0 Å². The molecule has 0 saturated carbocycles. The summed E-state index contributed by atoms with van der Waals surface area (Å²) in [5.41, 5.74) is 0. The molecule has 0 aliphatic rings. The Labute approximate surface area is 35.2 Å². The molecule has 0 aromatic carbocycles. The van der Waals surface area contributed by atoms with E-state index in [0.717, 1.165) is 5.94 Å². The van der Waals surface area contributed by atoms with Crippen molar-refractivity contribution in [2.24, 2.45) is 0 Å². The molecule has 0 spiro atoms. The van der Waals surface area contributed by atoms with Gasteiger partial charge in [-0.15, -0.1) is 0 Å². The van der Waals surface area contributed by atoms with Gasteiger partial charge in [0.05, 0.1) is 6.58 Å². The predicted octanol–water partition coefficient (Wildman–Crippen LogP) is -0.318. The second-order valence-corrected chi connectivity index (χ2v) is 0.102. The van der Waals surface area contributed by atoms with Crippen molar-refractivity contribution in [2.45, 2.75) is 0 Å². The first kappa shape index (κ1) is 9.02. The van der Waals surface area contributed by atoms with E-state index in [-0.39, 0.29) is 17.1 Å². The summed E-state index contributed by atoms with van der Waals surface area (Å²) in [6.45, 7) is 5.40. The van der Waals surface area contributed by atoms with Gasteiger partial charge in [0.15, 0.2) is 0 Å². The minimum absolute atomic E-state index is 0. The van der Waals surface area contributed by atoms with E-state index in [1.54, 1.807) is 0 Å². The summed E-state index contributed by atoms with van der Waals surface area (Å²) < 4.78 is 0. The maximum Gasteiger partial charge on any atom is 0.135 e. The molecule has 0 aromatic rings.